The van der Waals surface area contributed by atoms with Gasteiger partial charge < -0.3 is 24.8 Å². The topological polar surface area (TPSA) is 126 Å². The summed E-state index contributed by atoms with van der Waals surface area (Å²) >= 11 is 0. The van der Waals surface area contributed by atoms with Gasteiger partial charge in [-0.15, -0.1) is 0 Å². The van der Waals surface area contributed by atoms with E-state index >= 15 is 0 Å². The van der Waals surface area contributed by atoms with E-state index in [0.717, 1.165) is 0 Å². The predicted octanol–water partition coefficient (Wildman–Crippen LogP) is -4.37. The molecule has 3 radical (unpaired) electrons. The third-order valence-electron chi connectivity index (χ3n) is 0. The van der Waals surface area contributed by atoms with E-state index in [1.807, 2.05) is 0 Å². The fourth-order valence-electron chi connectivity index (χ4n) is 0. The van der Waals surface area contributed by atoms with Crippen LogP contribution in [0, 0.1) is 35.6 Å². The molecule has 4 nitrogen and oxygen atoms in total. The van der Waals surface area contributed by atoms with Crippen LogP contribution >= 0.6 is 0 Å². The molecule has 0 aliphatic carbocycles. The van der Waals surface area contributed by atoms with E-state index < -0.39 is 0 Å². The smallest absolute Gasteiger partial charge is 0 e. The summed E-state index contributed by atoms with van der Waals surface area (Å²) in [5.74, 6) is 0. The number of hydrogen-bond acceptors (Lipinski definition) is 0. The van der Waals surface area contributed by atoms with Crippen LogP contribution in [0.3, 0.4) is 0 Å². The summed E-state index contributed by atoms with van der Waals surface area (Å²) in [4.78, 5) is 0. The van der Waals surface area contributed by atoms with Gasteiger partial charge in [-0.1, -0.05) is 0 Å². The van der Waals surface area contributed by atoms with Gasteiger partial charge in [0.2, 0.25) is 0 Å². The molecule has 0 amide bonds. The normalized spacial score (nSPS) is 0. The van der Waals surface area contributed by atoms with Crippen LogP contribution in [0.1, 0.15) is 2.85 Å². The minimum atomic E-state index is 0. The van der Waals surface area contributed by atoms with Crippen LogP contribution < -0.4 is 0 Å². The van der Waals surface area contributed by atoms with Crippen LogP contribution in [0.5, 0.6) is 0 Å². The molecule has 0 unspecified atom stereocenters. The quantitative estimate of drug-likeness (QED) is 0.302. The van der Waals surface area contributed by atoms with Gasteiger partial charge in [-0.25, -0.2) is 0 Å². The molecule has 0 atom stereocenters. The third-order valence-corrected chi connectivity index (χ3v) is 0. The molecule has 0 saturated carbocycles. The van der Waals surface area contributed by atoms with Crippen molar-refractivity contribution in [3.05, 3.63) is 0 Å². The van der Waals surface area contributed by atoms with Crippen molar-refractivity contribution in [3.8, 4) is 0 Å². The van der Waals surface area contributed by atoms with Gasteiger partial charge in [0.05, 0.1) is 0 Å². The molecule has 8 heavy (non-hydrogen) atoms. The van der Waals surface area contributed by atoms with E-state index in [1.54, 1.807) is 0 Å². The minimum absolute atomic E-state index is 0. The zero-order valence-electron chi connectivity index (χ0n) is 6.49. The van der Waals surface area contributed by atoms with Crippen molar-refractivity contribution in [1.29, 1.82) is 0 Å². The van der Waals surface area contributed by atoms with Crippen molar-refractivity contribution in [2.75, 3.05) is 0 Å². The summed E-state index contributed by atoms with van der Waals surface area (Å²) in [5, 5.41) is 0. The molecule has 0 aliphatic rings. The largest absolute Gasteiger partial charge is 0 e. The third kappa shape index (κ3) is 56.9. The predicted molar refractivity (Wildman–Crippen MR) is 31.0 cm³/mol. The monoisotopic (exact) mass is 495 g/mol. The number of rotatable bonds is 0. The molecule has 0 bridgehead atoms. The van der Waals surface area contributed by atoms with Crippen molar-refractivity contribution in [3.63, 3.8) is 0 Å². The molecule has 8 heteroatoms. The molecular weight excluding hydrogens is 482 g/mol. The van der Waals surface area contributed by atoms with Gasteiger partial charge in [0.15, 0.2) is 0 Å². The Balaban J connectivity index is 0. The second-order valence-electron chi connectivity index (χ2n) is 0. The standard InChI is InChI=1S/La.Mg.4H2O.Pb.Ti.4H/h;;4*1H2;;;;;;/q;+2;;;;;;;;;2*-1. The maximum Gasteiger partial charge on any atom is 0 e. The van der Waals surface area contributed by atoms with Crippen molar-refractivity contribution in [2.45, 2.75) is 0 Å². The molecule has 8 N–H and O–H groups in total. The zero-order valence-corrected chi connectivity index (χ0v) is 16.6. The molecule has 0 aliphatic heterocycles. The van der Waals surface area contributed by atoms with E-state index in [1.165, 1.54) is 0 Å². The van der Waals surface area contributed by atoms with Crippen molar-refractivity contribution in [2.24, 2.45) is 0 Å². The molecule has 0 heterocycles. The summed E-state index contributed by atoms with van der Waals surface area (Å²) in [5.41, 5.74) is 0. The minimum Gasteiger partial charge on any atom is 0 e. The van der Waals surface area contributed by atoms with Gasteiger partial charge in [0, 0.05) is 57.3 Å². The van der Waals surface area contributed by atoms with Crippen LogP contribution in [-0.4, -0.2) is 72.3 Å². The molecule has 0 fully saturated rings. The first-order valence-electron chi connectivity index (χ1n) is 0. The number of hydrogen-bond donors (Lipinski definition) is 0. The summed E-state index contributed by atoms with van der Waals surface area (Å²) in [6, 6.07) is 0. The van der Waals surface area contributed by atoms with E-state index in [0.29, 0.717) is 0 Å². The molecular formula is H12LaMgO4PbTi. The first-order chi connectivity index (χ1) is 0. The summed E-state index contributed by atoms with van der Waals surface area (Å²) in [6.07, 6.45) is 0. The van der Waals surface area contributed by atoms with Crippen molar-refractivity contribution < 1.29 is 82.1 Å². The second-order valence-corrected chi connectivity index (χ2v) is 0. The first kappa shape index (κ1) is 105. The Kier molecular flexibility index (Phi) is 1040. The van der Waals surface area contributed by atoms with Crippen molar-refractivity contribution in [1.82, 2.24) is 0 Å². The Morgan fingerprint density at radius 2 is 0.750 bits per heavy atom. The summed E-state index contributed by atoms with van der Waals surface area (Å²) in [6.45, 7) is 0. The molecule has 0 aromatic heterocycles. The van der Waals surface area contributed by atoms with Gasteiger partial charge in [0.1, 0.15) is 0 Å². The Morgan fingerprint density at radius 1 is 0.750 bits per heavy atom. The maximum atomic E-state index is 0. The molecule has 0 aromatic rings. The average Bonchev–Trinajstić information content (AvgIpc) is 0. The Hall–Kier alpha value is 3.44. The van der Waals surface area contributed by atoms with E-state index in [9.17, 15) is 0 Å². The van der Waals surface area contributed by atoms with Crippen LogP contribution in [0.15, 0.2) is 0 Å². The second kappa shape index (κ2) is 78.7. The van der Waals surface area contributed by atoms with Gasteiger partial charge >= 0.3 is 50.4 Å². The average molecular weight is 494 g/mol. The van der Waals surface area contributed by atoms with E-state index in [4.69, 9.17) is 0 Å². The summed E-state index contributed by atoms with van der Waals surface area (Å²) < 4.78 is 0. The maximum absolute atomic E-state index is 0. The van der Waals surface area contributed by atoms with Crippen LogP contribution in [-0.2, 0) is 21.7 Å². The van der Waals surface area contributed by atoms with Gasteiger partial charge in [0.25, 0.3) is 0 Å². The van der Waals surface area contributed by atoms with Crippen LogP contribution in [0.25, 0.3) is 0 Å². The molecule has 0 rings (SSSR count). The Morgan fingerprint density at radius 3 is 0.750 bits per heavy atom. The Bertz CT molecular complexity index is 23.2. The fraction of sp³-hybridized carbons (Fsp3) is 0. The molecule has 0 spiro atoms. The van der Waals surface area contributed by atoms with Crippen molar-refractivity contribution >= 4 is 50.4 Å². The first-order valence-corrected chi connectivity index (χ1v) is 0. The van der Waals surface area contributed by atoms with E-state index in [2.05, 4.69) is 0 Å². The van der Waals surface area contributed by atoms with Gasteiger partial charge in [-0.2, -0.15) is 0 Å². The molecule has 0 aromatic carbocycles. The van der Waals surface area contributed by atoms with Crippen LogP contribution in [0.4, 0.5) is 0 Å². The molecule has 0 saturated heterocycles. The fourth-order valence-corrected chi connectivity index (χ4v) is 0. The molecule has 49 valence electrons. The SMILES string of the molecule is O.O.O.O.[H-].[H-].[La].[Mg+2].[PbH2].[Ti]. The summed E-state index contributed by atoms with van der Waals surface area (Å²) in [7, 11) is 0. The van der Waals surface area contributed by atoms with Gasteiger partial charge in [-0.3, -0.25) is 0 Å². The van der Waals surface area contributed by atoms with E-state index in [-0.39, 0.29) is 132 Å². The Labute approximate surface area is 130 Å². The van der Waals surface area contributed by atoms with Crippen LogP contribution in [0.2, 0.25) is 0 Å². The van der Waals surface area contributed by atoms with Gasteiger partial charge in [-0.05, 0) is 0 Å². The zero-order chi connectivity index (χ0) is 0.